The number of pyridine rings is 1. The molecule has 0 bridgehead atoms. The highest BCUT2D eigenvalue weighted by atomic mass is 19.1. The summed E-state index contributed by atoms with van der Waals surface area (Å²) in [6.45, 7) is 2.33. The largest absolute Gasteiger partial charge is 0.329 e. The lowest BCUT2D eigenvalue weighted by Gasteiger charge is -2.31. The molecule has 4 heteroatoms. The Labute approximate surface area is 94.3 Å². The van der Waals surface area contributed by atoms with Crippen LogP contribution in [0.3, 0.4) is 0 Å². The Morgan fingerprint density at radius 2 is 2.44 bits per heavy atom. The molecule has 0 saturated carbocycles. The summed E-state index contributed by atoms with van der Waals surface area (Å²) in [5.74, 6) is 0.177. The van der Waals surface area contributed by atoms with Crippen LogP contribution in [0.5, 0.6) is 0 Å². The van der Waals surface area contributed by atoms with Crippen molar-refractivity contribution in [3.8, 4) is 0 Å². The molecule has 1 aromatic heterocycles. The molecule has 1 fully saturated rings. The van der Waals surface area contributed by atoms with Crippen LogP contribution in [0.25, 0.3) is 0 Å². The van der Waals surface area contributed by atoms with Crippen molar-refractivity contribution in [2.45, 2.75) is 19.4 Å². The van der Waals surface area contributed by atoms with E-state index in [1.54, 1.807) is 12.3 Å². The number of H-pyrrole nitrogens is 1. The molecule has 0 amide bonds. The Balaban J connectivity index is 1.96. The van der Waals surface area contributed by atoms with Gasteiger partial charge in [0.1, 0.15) is 0 Å². The number of nitrogens with zero attached hydrogens (tertiary/aromatic N) is 1. The molecule has 0 aliphatic carbocycles. The quantitative estimate of drug-likeness (QED) is 0.845. The second kappa shape index (κ2) is 5.25. The van der Waals surface area contributed by atoms with Crippen molar-refractivity contribution in [1.29, 1.82) is 0 Å². The van der Waals surface area contributed by atoms with E-state index in [2.05, 4.69) is 9.88 Å². The summed E-state index contributed by atoms with van der Waals surface area (Å²) >= 11 is 0. The highest BCUT2D eigenvalue weighted by Gasteiger charge is 2.19. The molecule has 88 valence electrons. The van der Waals surface area contributed by atoms with Crippen LogP contribution >= 0.6 is 0 Å². The fraction of sp³-hybridized carbons (Fsp3) is 0.583. The predicted octanol–water partition coefficient (Wildman–Crippen LogP) is 1.56. The van der Waals surface area contributed by atoms with Crippen molar-refractivity contribution in [3.63, 3.8) is 0 Å². The number of nitrogens with one attached hydrogen (secondary N) is 1. The fourth-order valence-electron chi connectivity index (χ4n) is 2.27. The first-order valence-electron chi connectivity index (χ1n) is 5.74. The number of rotatable bonds is 3. The molecule has 1 saturated heterocycles. The first kappa shape index (κ1) is 11.3. The molecule has 1 aliphatic heterocycles. The van der Waals surface area contributed by atoms with Gasteiger partial charge >= 0.3 is 0 Å². The van der Waals surface area contributed by atoms with Crippen LogP contribution in [-0.2, 0) is 6.54 Å². The zero-order valence-corrected chi connectivity index (χ0v) is 9.29. The van der Waals surface area contributed by atoms with Gasteiger partial charge in [-0.25, -0.2) is 0 Å². The summed E-state index contributed by atoms with van der Waals surface area (Å²) in [5, 5.41) is 0. The Bertz CT molecular complexity index is 391. The minimum atomic E-state index is -0.230. The lowest BCUT2D eigenvalue weighted by atomic mass is 9.99. The van der Waals surface area contributed by atoms with Gasteiger partial charge in [-0.1, -0.05) is 0 Å². The third-order valence-corrected chi connectivity index (χ3v) is 3.07. The average Bonchev–Trinajstić information content (AvgIpc) is 2.29. The molecule has 1 aliphatic rings. The van der Waals surface area contributed by atoms with E-state index in [-0.39, 0.29) is 18.2 Å². The Morgan fingerprint density at radius 3 is 3.19 bits per heavy atom. The first-order valence-corrected chi connectivity index (χ1v) is 5.74. The third-order valence-electron chi connectivity index (χ3n) is 3.07. The number of likely N-dealkylation sites (tertiary alicyclic amines) is 1. The molecule has 2 rings (SSSR count). The highest BCUT2D eigenvalue weighted by molar-refractivity contribution is 5.09. The molecule has 1 atom stereocenters. The van der Waals surface area contributed by atoms with Gasteiger partial charge in [0.25, 0.3) is 0 Å². The van der Waals surface area contributed by atoms with Gasteiger partial charge in [0.15, 0.2) is 0 Å². The van der Waals surface area contributed by atoms with E-state index in [1.165, 1.54) is 0 Å². The van der Waals surface area contributed by atoms with Crippen molar-refractivity contribution in [1.82, 2.24) is 9.88 Å². The lowest BCUT2D eigenvalue weighted by Crippen LogP contribution is -2.35. The number of aromatic amines is 1. The van der Waals surface area contributed by atoms with E-state index in [0.717, 1.165) is 38.0 Å². The molecule has 0 radical (unpaired) electrons. The smallest absolute Gasteiger partial charge is 0.248 e. The zero-order valence-electron chi connectivity index (χ0n) is 9.29. The van der Waals surface area contributed by atoms with E-state index in [4.69, 9.17) is 0 Å². The Morgan fingerprint density at radius 1 is 1.56 bits per heavy atom. The minimum absolute atomic E-state index is 0.0726. The van der Waals surface area contributed by atoms with E-state index in [1.807, 2.05) is 6.07 Å². The van der Waals surface area contributed by atoms with Gasteiger partial charge in [0.2, 0.25) is 5.56 Å². The van der Waals surface area contributed by atoms with Crippen LogP contribution in [0.15, 0.2) is 23.1 Å². The topological polar surface area (TPSA) is 36.1 Å². The first-order chi connectivity index (χ1) is 7.78. The van der Waals surface area contributed by atoms with Crippen molar-refractivity contribution in [3.05, 3.63) is 34.2 Å². The van der Waals surface area contributed by atoms with Crippen LogP contribution < -0.4 is 5.56 Å². The van der Waals surface area contributed by atoms with E-state index < -0.39 is 0 Å². The summed E-state index contributed by atoms with van der Waals surface area (Å²) in [6.07, 6.45) is 3.70. The number of aromatic nitrogens is 1. The molecule has 16 heavy (non-hydrogen) atoms. The minimum Gasteiger partial charge on any atom is -0.329 e. The molecule has 1 aromatic rings. The monoisotopic (exact) mass is 224 g/mol. The normalized spacial score (nSPS) is 22.2. The highest BCUT2D eigenvalue weighted by Crippen LogP contribution is 2.18. The van der Waals surface area contributed by atoms with Gasteiger partial charge in [-0.2, -0.15) is 0 Å². The van der Waals surface area contributed by atoms with Gasteiger partial charge in [-0.05, 0) is 31.0 Å². The van der Waals surface area contributed by atoms with Gasteiger partial charge in [-0.15, -0.1) is 0 Å². The number of alkyl halides is 1. The van der Waals surface area contributed by atoms with E-state index in [9.17, 15) is 9.18 Å². The number of hydrogen-bond acceptors (Lipinski definition) is 2. The second-order valence-electron chi connectivity index (χ2n) is 4.46. The molecule has 3 nitrogen and oxygen atoms in total. The summed E-state index contributed by atoms with van der Waals surface area (Å²) in [5.41, 5.74) is 0.930. The van der Waals surface area contributed by atoms with Gasteiger partial charge in [0.05, 0.1) is 6.67 Å². The molecular weight excluding hydrogens is 207 g/mol. The van der Waals surface area contributed by atoms with E-state index >= 15 is 0 Å². The van der Waals surface area contributed by atoms with Crippen LogP contribution in [-0.4, -0.2) is 29.6 Å². The SMILES string of the molecule is O=c1cc(CN2CCCC(CF)C2)cc[nH]1. The molecule has 1 N–H and O–H groups in total. The maximum Gasteiger partial charge on any atom is 0.248 e. The standard InChI is InChI=1S/C12H17FN2O/c13-7-11-2-1-5-15(9-11)8-10-3-4-14-12(16)6-10/h3-4,6,11H,1-2,5,7-9H2,(H,14,16). The number of hydrogen-bond donors (Lipinski definition) is 1. The van der Waals surface area contributed by atoms with Crippen LogP contribution in [0, 0.1) is 5.92 Å². The third kappa shape index (κ3) is 2.92. The number of halogens is 1. The van der Waals surface area contributed by atoms with E-state index in [0.29, 0.717) is 0 Å². The van der Waals surface area contributed by atoms with Crippen molar-refractivity contribution in [2.75, 3.05) is 19.8 Å². The summed E-state index contributed by atoms with van der Waals surface area (Å²) in [4.78, 5) is 15.9. The zero-order chi connectivity index (χ0) is 11.4. The maximum absolute atomic E-state index is 12.6. The molecule has 1 unspecified atom stereocenters. The molecule has 0 spiro atoms. The summed E-state index contributed by atoms with van der Waals surface area (Å²) in [6, 6.07) is 3.51. The summed E-state index contributed by atoms with van der Waals surface area (Å²) < 4.78 is 12.6. The molecule has 0 aromatic carbocycles. The lowest BCUT2D eigenvalue weighted by molar-refractivity contribution is 0.147. The van der Waals surface area contributed by atoms with Crippen molar-refractivity contribution in [2.24, 2.45) is 5.92 Å². The predicted molar refractivity (Wildman–Crippen MR) is 61.0 cm³/mol. The average molecular weight is 224 g/mol. The van der Waals surface area contributed by atoms with Crippen LogP contribution in [0.1, 0.15) is 18.4 Å². The van der Waals surface area contributed by atoms with Gasteiger partial charge in [-0.3, -0.25) is 14.1 Å². The summed E-state index contributed by atoms with van der Waals surface area (Å²) in [7, 11) is 0. The van der Waals surface area contributed by atoms with Crippen molar-refractivity contribution >= 4 is 0 Å². The molecular formula is C12H17FN2O. The Kier molecular flexibility index (Phi) is 3.72. The Hall–Kier alpha value is -1.16. The number of piperidine rings is 1. The maximum atomic E-state index is 12.6. The van der Waals surface area contributed by atoms with Gasteiger partial charge < -0.3 is 4.98 Å². The van der Waals surface area contributed by atoms with Gasteiger partial charge in [0, 0.05) is 31.3 Å². The second-order valence-corrected chi connectivity index (χ2v) is 4.46. The van der Waals surface area contributed by atoms with Crippen LogP contribution in [0.2, 0.25) is 0 Å². The fourth-order valence-corrected chi connectivity index (χ4v) is 2.27. The van der Waals surface area contributed by atoms with Crippen molar-refractivity contribution < 1.29 is 4.39 Å². The molecule has 2 heterocycles. The van der Waals surface area contributed by atoms with Crippen LogP contribution in [0.4, 0.5) is 4.39 Å².